The van der Waals surface area contributed by atoms with Crippen molar-refractivity contribution < 1.29 is 4.79 Å². The Morgan fingerprint density at radius 2 is 1.50 bits per heavy atom. The van der Waals surface area contributed by atoms with Crippen molar-refractivity contribution in [2.75, 3.05) is 0 Å². The number of pyridine rings is 2. The molecule has 104 valence electrons. The van der Waals surface area contributed by atoms with E-state index in [1.165, 1.54) is 0 Å². The van der Waals surface area contributed by atoms with E-state index in [2.05, 4.69) is 9.97 Å². The zero-order valence-electron chi connectivity index (χ0n) is 11.9. The Labute approximate surface area is 119 Å². The monoisotopic (exact) mass is 269 g/mol. The van der Waals surface area contributed by atoms with Gasteiger partial charge in [-0.2, -0.15) is 0 Å². The second kappa shape index (κ2) is 6.80. The third-order valence-corrected chi connectivity index (χ3v) is 2.96. The Bertz CT molecular complexity index is 499. The number of rotatable bonds is 5. The topological polar surface area (TPSA) is 46.1 Å². The van der Waals surface area contributed by atoms with Crippen LogP contribution < -0.4 is 0 Å². The normalized spacial score (nSPS) is 10.6. The van der Waals surface area contributed by atoms with Gasteiger partial charge >= 0.3 is 0 Å². The lowest BCUT2D eigenvalue weighted by molar-refractivity contribution is -0.135. The van der Waals surface area contributed by atoms with Gasteiger partial charge in [0.1, 0.15) is 0 Å². The second-order valence-corrected chi connectivity index (χ2v) is 4.99. The number of hydrogen-bond acceptors (Lipinski definition) is 3. The molecule has 0 N–H and O–H groups in total. The van der Waals surface area contributed by atoms with E-state index in [0.717, 1.165) is 11.4 Å². The van der Waals surface area contributed by atoms with Crippen molar-refractivity contribution >= 4 is 5.91 Å². The highest BCUT2D eigenvalue weighted by molar-refractivity contribution is 5.78. The summed E-state index contributed by atoms with van der Waals surface area (Å²) in [6, 6.07) is 11.5. The minimum atomic E-state index is -0.0394. The lowest BCUT2D eigenvalue weighted by Crippen LogP contribution is -2.33. The molecule has 0 atom stereocenters. The third-order valence-electron chi connectivity index (χ3n) is 2.96. The Hall–Kier alpha value is -2.23. The van der Waals surface area contributed by atoms with Crippen molar-refractivity contribution in [3.8, 4) is 0 Å². The van der Waals surface area contributed by atoms with Gasteiger partial charge in [-0.05, 0) is 24.3 Å². The first-order valence-electron chi connectivity index (χ1n) is 6.75. The highest BCUT2D eigenvalue weighted by Crippen LogP contribution is 2.11. The van der Waals surface area contributed by atoms with Crippen molar-refractivity contribution in [3.05, 3.63) is 60.2 Å². The van der Waals surface area contributed by atoms with Gasteiger partial charge in [-0.1, -0.05) is 26.0 Å². The molecule has 0 aliphatic rings. The predicted molar refractivity (Wildman–Crippen MR) is 77.6 cm³/mol. The van der Waals surface area contributed by atoms with Crippen molar-refractivity contribution in [1.82, 2.24) is 14.9 Å². The minimum Gasteiger partial charge on any atom is -0.331 e. The zero-order chi connectivity index (χ0) is 14.4. The largest absolute Gasteiger partial charge is 0.331 e. The Balaban J connectivity index is 2.15. The van der Waals surface area contributed by atoms with Crippen LogP contribution >= 0.6 is 0 Å². The smallest absolute Gasteiger partial charge is 0.225 e. The molecule has 2 aromatic heterocycles. The van der Waals surface area contributed by atoms with E-state index in [0.29, 0.717) is 13.1 Å². The van der Waals surface area contributed by atoms with E-state index in [1.54, 1.807) is 17.3 Å². The van der Waals surface area contributed by atoms with Gasteiger partial charge in [-0.15, -0.1) is 0 Å². The van der Waals surface area contributed by atoms with E-state index in [9.17, 15) is 4.79 Å². The van der Waals surface area contributed by atoms with Gasteiger partial charge in [0.05, 0.1) is 24.5 Å². The van der Waals surface area contributed by atoms with Crippen LogP contribution in [0.25, 0.3) is 0 Å². The number of amides is 1. The molecule has 0 radical (unpaired) electrons. The van der Waals surface area contributed by atoms with Crippen LogP contribution in [0.3, 0.4) is 0 Å². The number of carbonyl (C=O) groups is 1. The van der Waals surface area contributed by atoms with Gasteiger partial charge in [0.25, 0.3) is 0 Å². The molecular formula is C16H19N3O. The van der Waals surface area contributed by atoms with E-state index in [1.807, 2.05) is 50.2 Å². The van der Waals surface area contributed by atoms with Crippen LogP contribution in [-0.2, 0) is 17.9 Å². The number of aromatic nitrogens is 2. The molecule has 0 bridgehead atoms. The van der Waals surface area contributed by atoms with E-state index in [4.69, 9.17) is 0 Å². The Kier molecular flexibility index (Phi) is 4.82. The Morgan fingerprint density at radius 3 is 1.85 bits per heavy atom. The predicted octanol–water partition coefficient (Wildman–Crippen LogP) is 2.66. The van der Waals surface area contributed by atoms with E-state index < -0.39 is 0 Å². The molecular weight excluding hydrogens is 250 g/mol. The van der Waals surface area contributed by atoms with Gasteiger partial charge in [0.15, 0.2) is 0 Å². The number of carbonyl (C=O) groups excluding carboxylic acids is 1. The molecule has 2 aromatic rings. The molecule has 4 nitrogen and oxygen atoms in total. The van der Waals surface area contributed by atoms with Gasteiger partial charge in [0, 0.05) is 18.3 Å². The highest BCUT2D eigenvalue weighted by atomic mass is 16.2. The summed E-state index contributed by atoms with van der Waals surface area (Å²) in [6.07, 6.45) is 3.49. The van der Waals surface area contributed by atoms with E-state index in [-0.39, 0.29) is 11.8 Å². The van der Waals surface area contributed by atoms with Crippen molar-refractivity contribution in [3.63, 3.8) is 0 Å². The zero-order valence-corrected chi connectivity index (χ0v) is 11.9. The van der Waals surface area contributed by atoms with Crippen LogP contribution in [0.1, 0.15) is 25.2 Å². The molecule has 2 heterocycles. The fourth-order valence-corrected chi connectivity index (χ4v) is 1.95. The van der Waals surface area contributed by atoms with Crippen molar-refractivity contribution in [1.29, 1.82) is 0 Å². The maximum atomic E-state index is 12.3. The molecule has 0 aliphatic carbocycles. The lowest BCUT2D eigenvalue weighted by Gasteiger charge is -2.24. The fourth-order valence-electron chi connectivity index (χ4n) is 1.95. The molecule has 0 aliphatic heterocycles. The summed E-state index contributed by atoms with van der Waals surface area (Å²) in [6.45, 7) is 4.83. The molecule has 4 heteroatoms. The molecule has 0 saturated carbocycles. The highest BCUT2D eigenvalue weighted by Gasteiger charge is 2.18. The first-order chi connectivity index (χ1) is 9.66. The molecule has 1 amide bonds. The first kappa shape index (κ1) is 14.2. The summed E-state index contributed by atoms with van der Waals surface area (Å²) < 4.78 is 0. The minimum absolute atomic E-state index is 0.0394. The average molecular weight is 269 g/mol. The van der Waals surface area contributed by atoms with Gasteiger partial charge < -0.3 is 4.90 Å². The van der Waals surface area contributed by atoms with E-state index >= 15 is 0 Å². The van der Waals surface area contributed by atoms with Gasteiger partial charge in [0.2, 0.25) is 5.91 Å². The van der Waals surface area contributed by atoms with Crippen LogP contribution in [0.5, 0.6) is 0 Å². The number of nitrogens with zero attached hydrogens (tertiary/aromatic N) is 3. The average Bonchev–Trinajstić information content (AvgIpc) is 2.48. The standard InChI is InChI=1S/C16H19N3O/c1-13(2)16(20)19(11-14-7-3-5-9-17-14)12-15-8-4-6-10-18-15/h3-10,13H,11-12H2,1-2H3. The van der Waals surface area contributed by atoms with Crippen LogP contribution in [0.4, 0.5) is 0 Å². The quantitative estimate of drug-likeness (QED) is 0.838. The summed E-state index contributed by atoms with van der Waals surface area (Å²) >= 11 is 0. The van der Waals surface area contributed by atoms with Crippen molar-refractivity contribution in [2.24, 2.45) is 5.92 Å². The SMILES string of the molecule is CC(C)C(=O)N(Cc1ccccn1)Cc1ccccn1. The lowest BCUT2D eigenvalue weighted by atomic mass is 10.1. The molecule has 0 unspecified atom stereocenters. The molecule has 20 heavy (non-hydrogen) atoms. The summed E-state index contributed by atoms with van der Waals surface area (Å²) in [5, 5.41) is 0. The maximum absolute atomic E-state index is 12.3. The van der Waals surface area contributed by atoms with Gasteiger partial charge in [-0.3, -0.25) is 14.8 Å². The van der Waals surface area contributed by atoms with Crippen LogP contribution in [0.15, 0.2) is 48.8 Å². The summed E-state index contributed by atoms with van der Waals surface area (Å²) in [4.78, 5) is 22.7. The van der Waals surface area contributed by atoms with Crippen molar-refractivity contribution in [2.45, 2.75) is 26.9 Å². The summed E-state index contributed by atoms with van der Waals surface area (Å²) in [7, 11) is 0. The van der Waals surface area contributed by atoms with Gasteiger partial charge in [-0.25, -0.2) is 0 Å². The maximum Gasteiger partial charge on any atom is 0.225 e. The van der Waals surface area contributed by atoms with Crippen LogP contribution in [0, 0.1) is 5.92 Å². The first-order valence-corrected chi connectivity index (χ1v) is 6.75. The van der Waals surface area contributed by atoms with Crippen LogP contribution in [0.2, 0.25) is 0 Å². The van der Waals surface area contributed by atoms with Crippen LogP contribution in [-0.4, -0.2) is 20.8 Å². The summed E-state index contributed by atoms with van der Waals surface area (Å²) in [5.41, 5.74) is 1.77. The molecule has 0 aromatic carbocycles. The summed E-state index contributed by atoms with van der Waals surface area (Å²) in [5.74, 6) is 0.0729. The molecule has 0 spiro atoms. The third kappa shape index (κ3) is 3.88. The Morgan fingerprint density at radius 1 is 1.00 bits per heavy atom. The number of hydrogen-bond donors (Lipinski definition) is 0. The molecule has 2 rings (SSSR count). The fraction of sp³-hybridized carbons (Fsp3) is 0.312. The molecule has 0 fully saturated rings. The second-order valence-electron chi connectivity index (χ2n) is 4.99. The molecule has 0 saturated heterocycles.